The Morgan fingerprint density at radius 1 is 0.560 bits per heavy atom. The zero-order valence-corrected chi connectivity index (χ0v) is 27.8. The molecule has 0 fully saturated rings. The molecule has 10 aromatic rings. The number of rotatable bonds is 4. The number of benzene rings is 6. The lowest BCUT2D eigenvalue weighted by Crippen LogP contribution is -2.00. The predicted molar refractivity (Wildman–Crippen MR) is 209 cm³/mol. The summed E-state index contributed by atoms with van der Waals surface area (Å²) in [5, 5.41) is 7.21. The molecule has 4 nitrogen and oxygen atoms in total. The third-order valence-corrected chi connectivity index (χ3v) is 10.2. The molecule has 50 heavy (non-hydrogen) atoms. The molecule has 236 valence electrons. The van der Waals surface area contributed by atoms with Gasteiger partial charge in [0.25, 0.3) is 0 Å². The minimum absolute atomic E-state index is 0.841. The summed E-state index contributed by atoms with van der Waals surface area (Å²) < 4.78 is 2.21. The molecule has 0 radical (unpaired) electrons. The lowest BCUT2D eigenvalue weighted by Gasteiger charge is -2.15. The van der Waals surface area contributed by atoms with E-state index in [0.29, 0.717) is 0 Å². The van der Waals surface area contributed by atoms with Crippen LogP contribution in [0.25, 0.3) is 93.8 Å². The molecule has 1 N–H and O–H groups in total. The fourth-order valence-corrected chi connectivity index (χ4v) is 8.01. The van der Waals surface area contributed by atoms with Crippen LogP contribution in [0.15, 0.2) is 152 Å². The quantitative estimate of drug-likeness (QED) is 0.208. The molecule has 0 saturated carbocycles. The first-order valence-corrected chi connectivity index (χ1v) is 17.1. The van der Waals surface area contributed by atoms with Gasteiger partial charge in [-0.05, 0) is 107 Å². The van der Waals surface area contributed by atoms with Crippen LogP contribution in [-0.4, -0.2) is 19.5 Å². The van der Waals surface area contributed by atoms with Crippen LogP contribution < -0.4 is 0 Å². The number of hydrogen-bond acceptors (Lipinski definition) is 2. The van der Waals surface area contributed by atoms with E-state index in [2.05, 4.69) is 163 Å². The first kappa shape index (κ1) is 28.5. The molecule has 0 aliphatic rings. The van der Waals surface area contributed by atoms with E-state index in [1.54, 1.807) is 0 Å². The van der Waals surface area contributed by atoms with E-state index < -0.39 is 0 Å². The molecule has 0 spiro atoms. The van der Waals surface area contributed by atoms with Gasteiger partial charge in [-0.2, -0.15) is 0 Å². The number of aromatic amines is 1. The minimum atomic E-state index is 0.841. The Balaban J connectivity index is 1.22. The number of hydrogen-bond donors (Lipinski definition) is 1. The number of pyridine rings is 2. The maximum Gasteiger partial charge on any atom is 0.146 e. The van der Waals surface area contributed by atoms with Crippen molar-refractivity contribution in [3.8, 4) is 39.3 Å². The van der Waals surface area contributed by atoms with Gasteiger partial charge < -0.3 is 4.98 Å². The standard InChI is InChI=1S/C46H32N4/c1-28-11-7-12-29(2)43(28)33-26-31(35-16-8-17-37-36-15-5-6-19-40(36)49-45(35)37)25-32(27-33)39-20-9-21-42(48-39)50-41-23-22-30-13-3-4-14-34(30)44(41)38-18-10-24-47-46(38)50/h3-27,49H,1-2H3. The highest BCUT2D eigenvalue weighted by Gasteiger charge is 2.18. The lowest BCUT2D eigenvalue weighted by molar-refractivity contribution is 1.06. The number of aryl methyl sites for hydroxylation is 2. The Labute approximate surface area is 289 Å². The summed E-state index contributed by atoms with van der Waals surface area (Å²) >= 11 is 0. The summed E-state index contributed by atoms with van der Waals surface area (Å²) in [5.74, 6) is 0.841. The highest BCUT2D eigenvalue weighted by Crippen LogP contribution is 2.40. The summed E-state index contributed by atoms with van der Waals surface area (Å²) in [6, 6.07) is 52.1. The summed E-state index contributed by atoms with van der Waals surface area (Å²) in [6.07, 6.45) is 1.87. The van der Waals surface area contributed by atoms with Crippen molar-refractivity contribution in [1.29, 1.82) is 0 Å². The molecule has 0 aliphatic heterocycles. The van der Waals surface area contributed by atoms with Gasteiger partial charge in [0.05, 0.1) is 16.7 Å². The lowest BCUT2D eigenvalue weighted by atomic mass is 9.90. The zero-order chi connectivity index (χ0) is 33.3. The van der Waals surface area contributed by atoms with Gasteiger partial charge in [-0.3, -0.25) is 4.57 Å². The van der Waals surface area contributed by atoms with Crippen LogP contribution in [0.3, 0.4) is 0 Å². The molecule has 0 saturated heterocycles. The molecule has 6 aromatic carbocycles. The molecule has 0 atom stereocenters. The van der Waals surface area contributed by atoms with Gasteiger partial charge in [-0.1, -0.05) is 91.0 Å². The topological polar surface area (TPSA) is 46.5 Å². The van der Waals surface area contributed by atoms with E-state index in [4.69, 9.17) is 9.97 Å². The fraction of sp³-hybridized carbons (Fsp3) is 0.0435. The largest absolute Gasteiger partial charge is 0.354 e. The summed E-state index contributed by atoms with van der Waals surface area (Å²) in [6.45, 7) is 4.40. The van der Waals surface area contributed by atoms with Crippen molar-refractivity contribution in [3.63, 3.8) is 0 Å². The first-order valence-electron chi connectivity index (χ1n) is 17.1. The molecule has 0 amide bonds. The molecular weight excluding hydrogens is 609 g/mol. The molecule has 4 aromatic heterocycles. The van der Waals surface area contributed by atoms with Gasteiger partial charge in [0, 0.05) is 44.4 Å². The van der Waals surface area contributed by atoms with E-state index in [-0.39, 0.29) is 0 Å². The van der Waals surface area contributed by atoms with Crippen molar-refractivity contribution in [3.05, 3.63) is 163 Å². The zero-order valence-electron chi connectivity index (χ0n) is 27.8. The van der Waals surface area contributed by atoms with Crippen LogP contribution in [0.5, 0.6) is 0 Å². The van der Waals surface area contributed by atoms with E-state index in [1.165, 1.54) is 54.7 Å². The van der Waals surface area contributed by atoms with E-state index in [0.717, 1.165) is 50.2 Å². The second-order valence-corrected chi connectivity index (χ2v) is 13.2. The van der Waals surface area contributed by atoms with Crippen molar-refractivity contribution < 1.29 is 0 Å². The van der Waals surface area contributed by atoms with Gasteiger partial charge in [-0.25, -0.2) is 9.97 Å². The van der Waals surface area contributed by atoms with Gasteiger partial charge in [-0.15, -0.1) is 0 Å². The number of para-hydroxylation sites is 2. The van der Waals surface area contributed by atoms with Crippen LogP contribution in [0.4, 0.5) is 0 Å². The summed E-state index contributed by atoms with van der Waals surface area (Å²) in [7, 11) is 0. The number of aromatic nitrogens is 4. The van der Waals surface area contributed by atoms with E-state index >= 15 is 0 Å². The van der Waals surface area contributed by atoms with E-state index in [9.17, 15) is 0 Å². The number of fused-ring (bicyclic) bond motifs is 8. The molecule has 4 heteroatoms. The first-order chi connectivity index (χ1) is 24.6. The SMILES string of the molecule is Cc1cccc(C)c1-c1cc(-c2cccc(-n3c4ccc5ccccc5c4c4cccnc43)n2)cc(-c2cccc3c2[nH]c2ccccc23)c1. The van der Waals surface area contributed by atoms with Crippen LogP contribution in [0.2, 0.25) is 0 Å². The molecule has 0 aliphatic carbocycles. The average molecular weight is 641 g/mol. The van der Waals surface area contributed by atoms with Crippen molar-refractivity contribution >= 4 is 54.5 Å². The van der Waals surface area contributed by atoms with E-state index in [1.807, 2.05) is 12.3 Å². The van der Waals surface area contributed by atoms with Crippen molar-refractivity contribution in [1.82, 2.24) is 19.5 Å². The maximum absolute atomic E-state index is 5.39. The van der Waals surface area contributed by atoms with Gasteiger partial charge in [0.2, 0.25) is 0 Å². The molecule has 0 bridgehead atoms. The van der Waals surface area contributed by atoms with Crippen molar-refractivity contribution in [2.24, 2.45) is 0 Å². The van der Waals surface area contributed by atoms with Gasteiger partial charge >= 0.3 is 0 Å². The van der Waals surface area contributed by atoms with Crippen molar-refractivity contribution in [2.75, 3.05) is 0 Å². The predicted octanol–water partition coefficient (Wildman–Crippen LogP) is 12.0. The Kier molecular flexibility index (Phi) is 6.27. The molecule has 0 unspecified atom stereocenters. The highest BCUT2D eigenvalue weighted by atomic mass is 15.1. The molecular formula is C46H32N4. The fourth-order valence-electron chi connectivity index (χ4n) is 8.01. The van der Waals surface area contributed by atoms with Gasteiger partial charge in [0.15, 0.2) is 0 Å². The average Bonchev–Trinajstić information content (AvgIpc) is 3.71. The van der Waals surface area contributed by atoms with Crippen LogP contribution in [0, 0.1) is 13.8 Å². The minimum Gasteiger partial charge on any atom is -0.354 e. The Bertz CT molecular complexity index is 2940. The third kappa shape index (κ3) is 4.32. The van der Waals surface area contributed by atoms with Crippen molar-refractivity contribution in [2.45, 2.75) is 13.8 Å². The number of H-pyrrole nitrogens is 1. The number of nitrogens with zero attached hydrogens (tertiary/aromatic N) is 3. The molecule has 10 rings (SSSR count). The normalized spacial score (nSPS) is 11.8. The second kappa shape index (κ2) is 11.0. The number of nitrogens with one attached hydrogen (secondary N) is 1. The Morgan fingerprint density at radius 3 is 2.18 bits per heavy atom. The van der Waals surface area contributed by atoms with Crippen LogP contribution in [0.1, 0.15) is 11.1 Å². The second-order valence-electron chi connectivity index (χ2n) is 13.2. The van der Waals surface area contributed by atoms with Gasteiger partial charge in [0.1, 0.15) is 11.5 Å². The van der Waals surface area contributed by atoms with Crippen LogP contribution in [-0.2, 0) is 0 Å². The maximum atomic E-state index is 5.39. The Hall–Kier alpha value is -6.52. The smallest absolute Gasteiger partial charge is 0.146 e. The summed E-state index contributed by atoms with van der Waals surface area (Å²) in [4.78, 5) is 14.0. The highest BCUT2D eigenvalue weighted by molar-refractivity contribution is 6.20. The summed E-state index contributed by atoms with van der Waals surface area (Å²) in [5.41, 5.74) is 13.5. The molecule has 4 heterocycles. The van der Waals surface area contributed by atoms with Crippen LogP contribution >= 0.6 is 0 Å². The monoisotopic (exact) mass is 640 g/mol. The Morgan fingerprint density at radius 2 is 1.28 bits per heavy atom. The third-order valence-electron chi connectivity index (χ3n) is 10.2.